The van der Waals surface area contributed by atoms with E-state index in [1.807, 2.05) is 6.07 Å². The van der Waals surface area contributed by atoms with Gasteiger partial charge in [-0.2, -0.15) is 17.0 Å². The molecule has 0 aliphatic carbocycles. The third-order valence-corrected chi connectivity index (χ3v) is 5.39. The first-order valence-electron chi connectivity index (χ1n) is 5.42. The highest BCUT2D eigenvalue weighted by atomic mass is 32.2. The summed E-state index contributed by atoms with van der Waals surface area (Å²) in [6.07, 6.45) is 2.78. The fraction of sp³-hybridized carbons (Fsp3) is 0.455. The summed E-state index contributed by atoms with van der Waals surface area (Å²) >= 11 is 1.62. The number of hydrogen-bond donors (Lipinski definition) is 0. The van der Waals surface area contributed by atoms with Crippen LogP contribution in [-0.4, -0.2) is 43.1 Å². The van der Waals surface area contributed by atoms with E-state index in [2.05, 4.69) is 4.98 Å². The summed E-state index contributed by atoms with van der Waals surface area (Å²) in [5.41, 5.74) is 0.491. The molecule has 1 fully saturated rings. The van der Waals surface area contributed by atoms with Crippen LogP contribution in [-0.2, 0) is 9.84 Å². The van der Waals surface area contributed by atoms with E-state index in [4.69, 9.17) is 5.26 Å². The maximum atomic E-state index is 11.8. The van der Waals surface area contributed by atoms with E-state index >= 15 is 0 Å². The quantitative estimate of drug-likeness (QED) is 0.802. The first kappa shape index (κ1) is 13.2. The molecule has 7 heteroatoms. The van der Waals surface area contributed by atoms with Crippen LogP contribution >= 0.6 is 11.8 Å². The third-order valence-electron chi connectivity index (χ3n) is 2.75. The first-order chi connectivity index (χ1) is 8.52. The zero-order chi connectivity index (χ0) is 13.2. The van der Waals surface area contributed by atoms with E-state index < -0.39 is 15.2 Å². The Morgan fingerprint density at radius 1 is 1.61 bits per heavy atom. The van der Waals surface area contributed by atoms with Crippen molar-refractivity contribution in [2.24, 2.45) is 0 Å². The largest absolute Gasteiger partial charge is 0.338 e. The summed E-state index contributed by atoms with van der Waals surface area (Å²) < 4.78 is 23.6. The van der Waals surface area contributed by atoms with Crippen molar-refractivity contribution in [1.82, 2.24) is 4.98 Å². The molecule has 0 aromatic carbocycles. The van der Waals surface area contributed by atoms with Crippen LogP contribution in [0.4, 0.5) is 5.82 Å². The molecule has 0 saturated carbocycles. The second-order valence-electron chi connectivity index (χ2n) is 4.07. The molecule has 1 aliphatic heterocycles. The van der Waals surface area contributed by atoms with Crippen molar-refractivity contribution >= 4 is 27.4 Å². The van der Waals surface area contributed by atoms with Crippen molar-refractivity contribution < 1.29 is 8.42 Å². The molecule has 0 radical (unpaired) electrons. The second-order valence-corrected chi connectivity index (χ2v) is 7.42. The molecule has 5 nitrogen and oxygen atoms in total. The van der Waals surface area contributed by atoms with Gasteiger partial charge >= 0.3 is 0 Å². The average Bonchev–Trinajstić information content (AvgIpc) is 2.38. The van der Waals surface area contributed by atoms with Gasteiger partial charge in [0.15, 0.2) is 9.84 Å². The summed E-state index contributed by atoms with van der Waals surface area (Å²) in [4.78, 5) is 5.95. The maximum absolute atomic E-state index is 11.8. The van der Waals surface area contributed by atoms with Crippen molar-refractivity contribution in [3.8, 4) is 6.07 Å². The highest BCUT2D eigenvalue weighted by molar-refractivity contribution is 8.01. The zero-order valence-corrected chi connectivity index (χ0v) is 11.5. The summed E-state index contributed by atoms with van der Waals surface area (Å²) in [5, 5.41) is 8.31. The number of aromatic nitrogens is 1. The molecule has 1 aromatic heterocycles. The van der Waals surface area contributed by atoms with Gasteiger partial charge < -0.3 is 4.90 Å². The van der Waals surface area contributed by atoms with Gasteiger partial charge in [-0.05, 0) is 12.1 Å². The molecular formula is C11H13N3O2S2. The lowest BCUT2D eigenvalue weighted by atomic mass is 10.3. The monoisotopic (exact) mass is 283 g/mol. The topological polar surface area (TPSA) is 74.1 Å². The molecule has 1 unspecified atom stereocenters. The number of anilines is 1. The number of nitrogens with zero attached hydrogens (tertiary/aromatic N) is 3. The van der Waals surface area contributed by atoms with Crippen LogP contribution in [0, 0.1) is 11.3 Å². The maximum Gasteiger partial charge on any atom is 0.169 e. The Bertz CT molecular complexity index is 580. The van der Waals surface area contributed by atoms with Gasteiger partial charge in [-0.15, -0.1) is 0 Å². The molecular weight excluding hydrogens is 270 g/mol. The molecule has 96 valence electrons. The van der Waals surface area contributed by atoms with Crippen LogP contribution in [0.2, 0.25) is 0 Å². The van der Waals surface area contributed by atoms with Crippen molar-refractivity contribution in [2.45, 2.75) is 5.37 Å². The standard InChI is InChI=1S/C11H13N3O2S2/c1-18(15,16)11-8-17-5-4-14(11)10-6-9(7-12)2-3-13-10/h2-3,6,11H,4-5,8H2,1H3. The average molecular weight is 283 g/mol. The predicted octanol–water partition coefficient (Wildman–Crippen LogP) is 0.877. The number of sulfone groups is 1. The van der Waals surface area contributed by atoms with E-state index in [1.54, 1.807) is 28.8 Å². The summed E-state index contributed by atoms with van der Waals surface area (Å²) in [6.45, 7) is 0.629. The lowest BCUT2D eigenvalue weighted by Gasteiger charge is -2.34. The van der Waals surface area contributed by atoms with Gasteiger partial charge in [0.1, 0.15) is 11.2 Å². The minimum Gasteiger partial charge on any atom is -0.338 e. The molecule has 1 saturated heterocycles. The Morgan fingerprint density at radius 3 is 3.06 bits per heavy atom. The van der Waals surface area contributed by atoms with E-state index in [-0.39, 0.29) is 0 Å². The molecule has 18 heavy (non-hydrogen) atoms. The van der Waals surface area contributed by atoms with Crippen LogP contribution in [0.5, 0.6) is 0 Å². The number of nitriles is 1. The molecule has 2 heterocycles. The minimum absolute atomic E-state index is 0.491. The van der Waals surface area contributed by atoms with Crippen molar-refractivity contribution in [1.29, 1.82) is 5.26 Å². The smallest absolute Gasteiger partial charge is 0.169 e. The van der Waals surface area contributed by atoms with Gasteiger partial charge in [0.2, 0.25) is 0 Å². The van der Waals surface area contributed by atoms with Gasteiger partial charge in [0, 0.05) is 30.5 Å². The van der Waals surface area contributed by atoms with Gasteiger partial charge in [0.25, 0.3) is 0 Å². The lowest BCUT2D eigenvalue weighted by Crippen LogP contribution is -2.47. The van der Waals surface area contributed by atoms with E-state index in [0.29, 0.717) is 23.7 Å². The van der Waals surface area contributed by atoms with Gasteiger partial charge in [-0.25, -0.2) is 13.4 Å². The molecule has 2 rings (SSSR count). The summed E-state index contributed by atoms with van der Waals surface area (Å²) in [5.74, 6) is 1.96. The van der Waals surface area contributed by atoms with E-state index in [1.165, 1.54) is 12.5 Å². The SMILES string of the molecule is CS(=O)(=O)C1CSCCN1c1cc(C#N)ccn1. The number of hydrogen-bond acceptors (Lipinski definition) is 6. The van der Waals surface area contributed by atoms with Crippen molar-refractivity contribution in [3.05, 3.63) is 23.9 Å². The molecule has 0 spiro atoms. The van der Waals surface area contributed by atoms with Gasteiger partial charge in [-0.1, -0.05) is 0 Å². The van der Waals surface area contributed by atoms with Crippen molar-refractivity contribution in [2.75, 3.05) is 29.2 Å². The summed E-state index contributed by atoms with van der Waals surface area (Å²) in [7, 11) is -3.16. The molecule has 0 bridgehead atoms. The predicted molar refractivity (Wildman–Crippen MR) is 72.3 cm³/mol. The van der Waals surface area contributed by atoms with Crippen LogP contribution in [0.1, 0.15) is 5.56 Å². The molecule has 1 aliphatic rings. The van der Waals surface area contributed by atoms with Gasteiger partial charge in [0.05, 0.1) is 11.6 Å². The Morgan fingerprint density at radius 2 is 2.39 bits per heavy atom. The highest BCUT2D eigenvalue weighted by Gasteiger charge is 2.31. The Balaban J connectivity index is 2.37. The van der Waals surface area contributed by atoms with Crippen LogP contribution < -0.4 is 4.90 Å². The molecule has 0 N–H and O–H groups in total. The molecule has 1 aromatic rings. The highest BCUT2D eigenvalue weighted by Crippen LogP contribution is 2.25. The third kappa shape index (κ3) is 2.76. The second kappa shape index (κ2) is 5.16. The van der Waals surface area contributed by atoms with Gasteiger partial charge in [-0.3, -0.25) is 0 Å². The van der Waals surface area contributed by atoms with E-state index in [0.717, 1.165) is 5.75 Å². The minimum atomic E-state index is -3.16. The number of pyridine rings is 1. The zero-order valence-electron chi connectivity index (χ0n) is 9.91. The summed E-state index contributed by atoms with van der Waals surface area (Å²) in [6, 6.07) is 5.28. The van der Waals surface area contributed by atoms with Crippen LogP contribution in [0.3, 0.4) is 0 Å². The first-order valence-corrected chi connectivity index (χ1v) is 8.52. The fourth-order valence-corrected chi connectivity index (χ4v) is 4.67. The molecule has 1 atom stereocenters. The van der Waals surface area contributed by atoms with E-state index in [9.17, 15) is 8.42 Å². The normalized spacial score (nSPS) is 20.4. The number of thioether (sulfide) groups is 1. The lowest BCUT2D eigenvalue weighted by molar-refractivity contribution is 0.583. The Hall–Kier alpha value is -1.26. The van der Waals surface area contributed by atoms with Crippen molar-refractivity contribution in [3.63, 3.8) is 0 Å². The van der Waals surface area contributed by atoms with Crippen LogP contribution in [0.25, 0.3) is 0 Å². The number of rotatable bonds is 2. The van der Waals surface area contributed by atoms with Crippen LogP contribution in [0.15, 0.2) is 18.3 Å². The molecule has 0 amide bonds. The Labute approximate surface area is 111 Å². The Kier molecular flexibility index (Phi) is 3.78. The fourth-order valence-electron chi connectivity index (χ4n) is 1.84.